The monoisotopic (exact) mass is 382 g/mol. The van der Waals surface area contributed by atoms with Crippen LogP contribution in [0.2, 0.25) is 0 Å². The molecular weight excluding hydrogens is 351 g/mol. The molecule has 2 aromatic carbocycles. The van der Waals surface area contributed by atoms with Gasteiger partial charge in [-0.3, -0.25) is 0 Å². The van der Waals surface area contributed by atoms with Gasteiger partial charge in [0.1, 0.15) is 11.6 Å². The first-order chi connectivity index (χ1) is 13.7. The topological polar surface area (TPSA) is 15.7 Å². The molecule has 28 heavy (non-hydrogen) atoms. The van der Waals surface area contributed by atoms with Crippen molar-refractivity contribution in [3.05, 3.63) is 65.0 Å². The van der Waals surface area contributed by atoms with Crippen molar-refractivity contribution >= 4 is 0 Å². The second-order valence-electron chi connectivity index (χ2n) is 8.42. The molecule has 1 fully saturated rings. The number of nitrogens with zero attached hydrogens (tertiary/aromatic N) is 2. The summed E-state index contributed by atoms with van der Waals surface area (Å²) in [6.07, 6.45) is 4.63. The third-order valence-electron chi connectivity index (χ3n) is 6.01. The molecule has 2 heterocycles. The highest BCUT2D eigenvalue weighted by molar-refractivity contribution is 5.39. The number of hydrogen-bond acceptors (Lipinski definition) is 3. The average Bonchev–Trinajstić information content (AvgIpc) is 3.15. The molecule has 1 unspecified atom stereocenters. The molecule has 2 aromatic rings. The summed E-state index contributed by atoms with van der Waals surface area (Å²) in [4.78, 5) is 5.05. The molecule has 0 amide bonds. The van der Waals surface area contributed by atoms with E-state index in [-0.39, 0.29) is 5.82 Å². The zero-order chi connectivity index (χ0) is 19.3. The molecule has 4 heteroatoms. The Balaban J connectivity index is 1.24. The van der Waals surface area contributed by atoms with Crippen LogP contribution < -0.4 is 4.74 Å². The Morgan fingerprint density at radius 1 is 1.14 bits per heavy atom. The summed E-state index contributed by atoms with van der Waals surface area (Å²) in [5, 5.41) is 0. The van der Waals surface area contributed by atoms with Gasteiger partial charge >= 0.3 is 0 Å². The summed E-state index contributed by atoms with van der Waals surface area (Å²) < 4.78 is 18.7. The Morgan fingerprint density at radius 2 is 1.96 bits per heavy atom. The molecule has 0 spiro atoms. The third kappa shape index (κ3) is 5.12. The maximum Gasteiger partial charge on any atom is 0.123 e. The van der Waals surface area contributed by atoms with Gasteiger partial charge in [-0.25, -0.2) is 4.39 Å². The largest absolute Gasteiger partial charge is 0.493 e. The van der Waals surface area contributed by atoms with Crippen LogP contribution in [0.15, 0.2) is 42.5 Å². The summed E-state index contributed by atoms with van der Waals surface area (Å²) >= 11 is 0. The summed E-state index contributed by atoms with van der Waals surface area (Å²) in [5.74, 6) is 1.64. The van der Waals surface area contributed by atoms with Crippen LogP contribution in [0, 0.1) is 11.7 Å². The highest BCUT2D eigenvalue weighted by atomic mass is 19.1. The molecule has 0 bridgehead atoms. The van der Waals surface area contributed by atoms with Crippen molar-refractivity contribution in [3.63, 3.8) is 0 Å². The van der Waals surface area contributed by atoms with Crippen LogP contribution in [-0.4, -0.2) is 49.6 Å². The summed E-state index contributed by atoms with van der Waals surface area (Å²) in [7, 11) is 2.24. The zero-order valence-electron chi connectivity index (χ0n) is 16.9. The normalized spacial score (nSPS) is 19.6. The average molecular weight is 383 g/mol. The molecule has 3 nitrogen and oxygen atoms in total. The number of piperidine rings is 1. The first kappa shape index (κ1) is 19.4. The van der Waals surface area contributed by atoms with Crippen molar-refractivity contribution in [2.75, 3.05) is 39.8 Å². The summed E-state index contributed by atoms with van der Waals surface area (Å²) in [6.45, 7) is 6.39. The Morgan fingerprint density at radius 3 is 2.82 bits per heavy atom. The number of likely N-dealkylation sites (tertiary alicyclic amines) is 1. The highest BCUT2D eigenvalue weighted by Crippen LogP contribution is 2.26. The Bertz CT molecular complexity index is 777. The second-order valence-corrected chi connectivity index (χ2v) is 8.42. The number of benzene rings is 2. The van der Waals surface area contributed by atoms with E-state index in [1.165, 1.54) is 42.6 Å². The lowest BCUT2D eigenvalue weighted by Crippen LogP contribution is -2.40. The van der Waals surface area contributed by atoms with Crippen molar-refractivity contribution in [1.29, 1.82) is 0 Å². The second kappa shape index (κ2) is 9.06. The molecule has 2 aliphatic rings. The maximum absolute atomic E-state index is 13.1. The summed E-state index contributed by atoms with van der Waals surface area (Å²) in [6, 6.07) is 13.6. The fourth-order valence-electron chi connectivity index (χ4n) is 4.60. The van der Waals surface area contributed by atoms with Crippen LogP contribution in [-0.2, 0) is 19.4 Å². The highest BCUT2D eigenvalue weighted by Gasteiger charge is 2.21. The first-order valence-electron chi connectivity index (χ1n) is 10.6. The molecule has 0 aliphatic carbocycles. The van der Waals surface area contributed by atoms with Gasteiger partial charge in [-0.15, -0.1) is 0 Å². The SMILES string of the molecule is CN(Cc1ccc2c(c1)CCO2)CC1CCCN(CCc2ccc(F)cc2)C1. The van der Waals surface area contributed by atoms with E-state index in [0.717, 1.165) is 50.8 Å². The van der Waals surface area contributed by atoms with Crippen LogP contribution in [0.3, 0.4) is 0 Å². The fourth-order valence-corrected chi connectivity index (χ4v) is 4.60. The molecular formula is C24H31FN2O. The van der Waals surface area contributed by atoms with Crippen LogP contribution in [0.5, 0.6) is 5.75 Å². The van der Waals surface area contributed by atoms with Gasteiger partial charge in [-0.05, 0) is 73.7 Å². The number of rotatable bonds is 7. The quantitative estimate of drug-likeness (QED) is 0.716. The zero-order valence-corrected chi connectivity index (χ0v) is 16.9. The van der Waals surface area contributed by atoms with Gasteiger partial charge < -0.3 is 14.5 Å². The molecule has 2 aliphatic heterocycles. The molecule has 0 N–H and O–H groups in total. The van der Waals surface area contributed by atoms with Crippen LogP contribution in [0.4, 0.5) is 4.39 Å². The molecule has 0 saturated carbocycles. The van der Waals surface area contributed by atoms with E-state index in [9.17, 15) is 4.39 Å². The molecule has 0 aromatic heterocycles. The van der Waals surface area contributed by atoms with Crippen LogP contribution in [0.1, 0.15) is 29.5 Å². The fraction of sp³-hybridized carbons (Fsp3) is 0.500. The van der Waals surface area contributed by atoms with Gasteiger partial charge in [-0.2, -0.15) is 0 Å². The van der Waals surface area contributed by atoms with Crippen molar-refractivity contribution < 1.29 is 9.13 Å². The Kier molecular flexibility index (Phi) is 6.28. The van der Waals surface area contributed by atoms with Crippen molar-refractivity contribution in [2.24, 2.45) is 5.92 Å². The van der Waals surface area contributed by atoms with Gasteiger partial charge in [0.15, 0.2) is 0 Å². The first-order valence-corrected chi connectivity index (χ1v) is 10.6. The maximum atomic E-state index is 13.1. The number of hydrogen-bond donors (Lipinski definition) is 0. The lowest BCUT2D eigenvalue weighted by Gasteiger charge is -2.34. The Labute approximate surface area is 168 Å². The molecule has 4 rings (SSSR count). The molecule has 0 radical (unpaired) electrons. The predicted octanol–water partition coefficient (Wildman–Crippen LogP) is 4.15. The lowest BCUT2D eigenvalue weighted by molar-refractivity contribution is 0.142. The summed E-state index contributed by atoms with van der Waals surface area (Å²) in [5.41, 5.74) is 3.97. The molecule has 1 saturated heterocycles. The minimum Gasteiger partial charge on any atom is -0.493 e. The standard InChI is InChI=1S/C24H31FN2O/c1-26(16-20-6-9-24-22(15-20)11-14-28-24)17-21-3-2-12-27(18-21)13-10-19-4-7-23(25)8-5-19/h4-9,15,21H,2-3,10-14,16-18H2,1H3. The third-order valence-corrected chi connectivity index (χ3v) is 6.01. The van der Waals surface area contributed by atoms with E-state index < -0.39 is 0 Å². The smallest absolute Gasteiger partial charge is 0.123 e. The van der Waals surface area contributed by atoms with Crippen LogP contribution >= 0.6 is 0 Å². The van der Waals surface area contributed by atoms with E-state index in [1.807, 2.05) is 12.1 Å². The van der Waals surface area contributed by atoms with E-state index in [0.29, 0.717) is 0 Å². The predicted molar refractivity (Wildman–Crippen MR) is 111 cm³/mol. The van der Waals surface area contributed by atoms with E-state index in [1.54, 1.807) is 12.1 Å². The number of fused-ring (bicyclic) bond motifs is 1. The minimum absolute atomic E-state index is 0.152. The van der Waals surface area contributed by atoms with Crippen molar-refractivity contribution in [1.82, 2.24) is 9.80 Å². The van der Waals surface area contributed by atoms with Crippen molar-refractivity contribution in [2.45, 2.75) is 32.2 Å². The van der Waals surface area contributed by atoms with E-state index in [4.69, 9.17) is 4.74 Å². The van der Waals surface area contributed by atoms with E-state index in [2.05, 4.69) is 35.0 Å². The Hall–Kier alpha value is -1.91. The van der Waals surface area contributed by atoms with Crippen molar-refractivity contribution in [3.8, 4) is 5.75 Å². The van der Waals surface area contributed by atoms with Gasteiger partial charge in [0.05, 0.1) is 6.61 Å². The van der Waals surface area contributed by atoms with Gasteiger partial charge in [-0.1, -0.05) is 24.3 Å². The minimum atomic E-state index is -0.152. The van der Waals surface area contributed by atoms with Gasteiger partial charge in [0, 0.05) is 32.6 Å². The van der Waals surface area contributed by atoms with Gasteiger partial charge in [0.2, 0.25) is 0 Å². The van der Waals surface area contributed by atoms with Crippen LogP contribution in [0.25, 0.3) is 0 Å². The number of ether oxygens (including phenoxy) is 1. The van der Waals surface area contributed by atoms with E-state index >= 15 is 0 Å². The van der Waals surface area contributed by atoms with Gasteiger partial charge in [0.25, 0.3) is 0 Å². The molecule has 1 atom stereocenters. The lowest BCUT2D eigenvalue weighted by atomic mass is 9.96. The molecule has 150 valence electrons. The number of halogens is 1.